The number of aromatic nitrogens is 5. The Morgan fingerprint density at radius 1 is 1.30 bits per heavy atom. The Balaban J connectivity index is 2.22. The number of hydrogen-bond donors (Lipinski definition) is 2. The molecule has 0 aromatic carbocycles. The van der Waals surface area contributed by atoms with E-state index in [1.54, 1.807) is 19.5 Å². The lowest BCUT2D eigenvalue weighted by Gasteiger charge is -2.16. The van der Waals surface area contributed by atoms with Gasteiger partial charge in [0, 0.05) is 18.5 Å². The number of methoxy groups -OCH3 is 1. The van der Waals surface area contributed by atoms with Crippen LogP contribution in [0.25, 0.3) is 0 Å². The maximum absolute atomic E-state index is 5.63. The van der Waals surface area contributed by atoms with Gasteiger partial charge in [0.05, 0.1) is 18.8 Å². The van der Waals surface area contributed by atoms with E-state index in [1.807, 2.05) is 4.68 Å². The van der Waals surface area contributed by atoms with Gasteiger partial charge >= 0.3 is 0 Å². The predicted molar refractivity (Wildman–Crippen MR) is 72.8 cm³/mol. The van der Waals surface area contributed by atoms with E-state index in [-0.39, 0.29) is 12.1 Å². The molecule has 2 aromatic heterocycles. The number of hydrogen-bond acceptors (Lipinski definition) is 7. The molecule has 0 radical (unpaired) electrons. The molecule has 108 valence electrons. The highest BCUT2D eigenvalue weighted by molar-refractivity contribution is 5.17. The van der Waals surface area contributed by atoms with E-state index in [1.165, 1.54) is 6.33 Å². The predicted octanol–water partition coefficient (Wildman–Crippen LogP) is 0.405. The molecular weight excluding hydrogens is 258 g/mol. The second kappa shape index (κ2) is 6.40. The minimum absolute atomic E-state index is 0.186. The van der Waals surface area contributed by atoms with Crippen LogP contribution in [0.2, 0.25) is 0 Å². The minimum Gasteiger partial charge on any atom is -0.481 e. The topological polar surface area (TPSA) is 104 Å². The smallest absolute Gasteiger partial charge is 0.216 e. The van der Waals surface area contributed by atoms with Crippen LogP contribution >= 0.6 is 0 Å². The number of nitrogens with zero attached hydrogens (tertiary/aromatic N) is 5. The normalized spacial score (nSPS) is 12.7. The molecule has 8 nitrogen and oxygen atoms in total. The fourth-order valence-electron chi connectivity index (χ4n) is 1.94. The number of nitrogens with one attached hydrogen (secondary N) is 1. The Kier molecular flexibility index (Phi) is 4.59. The van der Waals surface area contributed by atoms with Gasteiger partial charge in [-0.2, -0.15) is 5.10 Å². The zero-order valence-electron chi connectivity index (χ0n) is 11.8. The maximum Gasteiger partial charge on any atom is 0.216 e. The molecule has 2 heterocycles. The Bertz CT molecular complexity index is 554. The van der Waals surface area contributed by atoms with Crippen LogP contribution in [0.4, 0.5) is 0 Å². The summed E-state index contributed by atoms with van der Waals surface area (Å²) in [4.78, 5) is 12.5. The first-order valence-electron chi connectivity index (χ1n) is 6.36. The molecular formula is C12H19N7O. The van der Waals surface area contributed by atoms with Crippen LogP contribution in [0.15, 0.2) is 18.7 Å². The molecule has 0 saturated carbocycles. The Morgan fingerprint density at radius 2 is 2.10 bits per heavy atom. The van der Waals surface area contributed by atoms with E-state index in [0.717, 1.165) is 11.5 Å². The molecule has 3 N–H and O–H groups in total. The Morgan fingerprint density at radius 3 is 2.75 bits per heavy atom. The fourth-order valence-corrected chi connectivity index (χ4v) is 1.94. The Labute approximate surface area is 117 Å². The van der Waals surface area contributed by atoms with E-state index in [0.29, 0.717) is 12.3 Å². The summed E-state index contributed by atoms with van der Waals surface area (Å²) in [6, 6.07) is 1.81. The SMILES string of the molecule is COc1cc(C(Cc2ncnn2C(C)C)NN)ncn1. The van der Waals surface area contributed by atoms with E-state index < -0.39 is 0 Å². The lowest BCUT2D eigenvalue weighted by Crippen LogP contribution is -2.31. The highest BCUT2D eigenvalue weighted by atomic mass is 16.5. The van der Waals surface area contributed by atoms with Crippen molar-refractivity contribution < 1.29 is 4.74 Å². The summed E-state index contributed by atoms with van der Waals surface area (Å²) in [6.45, 7) is 4.10. The largest absolute Gasteiger partial charge is 0.481 e. The van der Waals surface area contributed by atoms with E-state index in [9.17, 15) is 0 Å². The zero-order valence-corrected chi connectivity index (χ0v) is 11.8. The van der Waals surface area contributed by atoms with Crippen LogP contribution < -0.4 is 16.0 Å². The Hall–Kier alpha value is -2.06. The van der Waals surface area contributed by atoms with Gasteiger partial charge in [-0.1, -0.05) is 0 Å². The zero-order chi connectivity index (χ0) is 14.5. The maximum atomic E-state index is 5.63. The van der Waals surface area contributed by atoms with Crippen LogP contribution in [0.1, 0.15) is 37.4 Å². The lowest BCUT2D eigenvalue weighted by molar-refractivity contribution is 0.393. The van der Waals surface area contributed by atoms with Crippen molar-refractivity contribution >= 4 is 0 Å². The molecule has 0 saturated heterocycles. The molecule has 0 fully saturated rings. The van der Waals surface area contributed by atoms with Gasteiger partial charge in [-0.15, -0.1) is 0 Å². The summed E-state index contributed by atoms with van der Waals surface area (Å²) < 4.78 is 6.96. The lowest BCUT2D eigenvalue weighted by atomic mass is 10.1. The molecule has 0 bridgehead atoms. The summed E-state index contributed by atoms with van der Waals surface area (Å²) in [5, 5.41) is 4.21. The number of hydrazine groups is 1. The summed E-state index contributed by atoms with van der Waals surface area (Å²) >= 11 is 0. The molecule has 0 aliphatic heterocycles. The van der Waals surface area contributed by atoms with E-state index in [2.05, 4.69) is 39.3 Å². The summed E-state index contributed by atoms with van der Waals surface area (Å²) in [5.41, 5.74) is 3.49. The summed E-state index contributed by atoms with van der Waals surface area (Å²) in [5.74, 6) is 6.98. The monoisotopic (exact) mass is 277 g/mol. The third-order valence-corrected chi connectivity index (χ3v) is 2.95. The van der Waals surface area contributed by atoms with Gasteiger partial charge in [0.25, 0.3) is 0 Å². The molecule has 2 aromatic rings. The van der Waals surface area contributed by atoms with Gasteiger partial charge in [-0.25, -0.2) is 19.6 Å². The molecule has 0 spiro atoms. The first-order valence-corrected chi connectivity index (χ1v) is 6.36. The molecule has 1 unspecified atom stereocenters. The molecule has 0 aliphatic carbocycles. The fraction of sp³-hybridized carbons (Fsp3) is 0.500. The molecule has 1 atom stereocenters. The van der Waals surface area contributed by atoms with E-state index >= 15 is 0 Å². The number of nitrogens with two attached hydrogens (primary N) is 1. The van der Waals surface area contributed by atoms with Crippen molar-refractivity contribution in [3.63, 3.8) is 0 Å². The van der Waals surface area contributed by atoms with Gasteiger partial charge in [-0.3, -0.25) is 11.3 Å². The number of ether oxygens (including phenoxy) is 1. The quantitative estimate of drug-likeness (QED) is 0.582. The second-order valence-electron chi connectivity index (χ2n) is 4.62. The minimum atomic E-state index is -0.186. The van der Waals surface area contributed by atoms with Crippen LogP contribution in [0, 0.1) is 0 Å². The van der Waals surface area contributed by atoms with Crippen LogP contribution in [-0.2, 0) is 6.42 Å². The standard InChI is InChI=1S/C12H19N7O/c1-8(2)19-11(15-7-17-19)4-10(18-13)9-5-12(20-3)16-6-14-9/h5-8,10,18H,4,13H2,1-3H3. The summed E-state index contributed by atoms with van der Waals surface area (Å²) in [6.07, 6.45) is 3.57. The van der Waals surface area contributed by atoms with Crippen molar-refractivity contribution in [1.29, 1.82) is 0 Å². The number of rotatable bonds is 6. The summed E-state index contributed by atoms with van der Waals surface area (Å²) in [7, 11) is 1.56. The second-order valence-corrected chi connectivity index (χ2v) is 4.62. The van der Waals surface area contributed by atoms with Crippen LogP contribution in [0.3, 0.4) is 0 Å². The highest BCUT2D eigenvalue weighted by Crippen LogP contribution is 2.18. The first kappa shape index (κ1) is 14.4. The van der Waals surface area contributed by atoms with Gasteiger partial charge in [0.15, 0.2) is 0 Å². The van der Waals surface area contributed by atoms with Crippen molar-refractivity contribution in [3.05, 3.63) is 30.2 Å². The van der Waals surface area contributed by atoms with Gasteiger partial charge in [0.1, 0.15) is 18.5 Å². The molecule has 8 heteroatoms. The van der Waals surface area contributed by atoms with Gasteiger partial charge in [-0.05, 0) is 13.8 Å². The van der Waals surface area contributed by atoms with Crippen molar-refractivity contribution in [3.8, 4) is 5.88 Å². The van der Waals surface area contributed by atoms with E-state index in [4.69, 9.17) is 10.6 Å². The third-order valence-electron chi connectivity index (χ3n) is 2.95. The average Bonchev–Trinajstić information content (AvgIpc) is 2.93. The first-order chi connectivity index (χ1) is 9.65. The van der Waals surface area contributed by atoms with Crippen LogP contribution in [-0.4, -0.2) is 31.8 Å². The molecule has 0 amide bonds. The van der Waals surface area contributed by atoms with Crippen molar-refractivity contribution in [2.45, 2.75) is 32.4 Å². The average molecular weight is 277 g/mol. The van der Waals surface area contributed by atoms with Crippen molar-refractivity contribution in [2.75, 3.05) is 7.11 Å². The van der Waals surface area contributed by atoms with Crippen molar-refractivity contribution in [2.24, 2.45) is 5.84 Å². The van der Waals surface area contributed by atoms with Gasteiger partial charge < -0.3 is 4.74 Å². The molecule has 20 heavy (non-hydrogen) atoms. The van der Waals surface area contributed by atoms with Crippen molar-refractivity contribution in [1.82, 2.24) is 30.2 Å². The third kappa shape index (κ3) is 3.09. The molecule has 2 rings (SSSR count). The van der Waals surface area contributed by atoms with Gasteiger partial charge in [0.2, 0.25) is 5.88 Å². The molecule has 0 aliphatic rings. The van der Waals surface area contributed by atoms with Crippen LogP contribution in [0.5, 0.6) is 5.88 Å². The highest BCUT2D eigenvalue weighted by Gasteiger charge is 2.17.